The zero-order chi connectivity index (χ0) is 19.5. The first-order valence-electron chi connectivity index (χ1n) is 9.71. The Morgan fingerprint density at radius 3 is 2.75 bits per heavy atom. The van der Waals surface area contributed by atoms with Crippen molar-refractivity contribution >= 4 is 43.1 Å². The van der Waals surface area contributed by atoms with E-state index in [-0.39, 0.29) is 0 Å². The zero-order valence-corrected chi connectivity index (χ0v) is 18.5. The van der Waals surface area contributed by atoms with Gasteiger partial charge in [-0.1, -0.05) is 31.3 Å². The quantitative estimate of drug-likeness (QED) is 0.443. The van der Waals surface area contributed by atoms with Gasteiger partial charge in [-0.05, 0) is 65.6 Å². The molecule has 0 radical (unpaired) electrons. The number of halogens is 1. The second-order valence-electron chi connectivity index (χ2n) is 6.65. The summed E-state index contributed by atoms with van der Waals surface area (Å²) in [6.07, 6.45) is 5.11. The highest BCUT2D eigenvalue weighted by molar-refractivity contribution is 9.10. The molecular weight excluding hydrogens is 436 g/mol. The van der Waals surface area contributed by atoms with Crippen molar-refractivity contribution < 1.29 is 0 Å². The number of pyridine rings is 1. The largest absolute Gasteiger partial charge is 0.297 e. The summed E-state index contributed by atoms with van der Waals surface area (Å²) in [6, 6.07) is 8.39. The molecule has 5 rings (SSSR count). The molecule has 4 aromatic rings. The summed E-state index contributed by atoms with van der Waals surface area (Å²) >= 11 is 5.13. The number of nitrogens with zero attached hydrogens (tertiary/aromatic N) is 6. The summed E-state index contributed by atoms with van der Waals surface area (Å²) in [4.78, 5) is 7.76. The lowest BCUT2D eigenvalue weighted by atomic mass is 10.1. The molecule has 0 amide bonds. The minimum atomic E-state index is 0.705. The minimum absolute atomic E-state index is 0.705. The van der Waals surface area contributed by atoms with Crippen molar-refractivity contribution in [3.8, 4) is 0 Å². The zero-order valence-electron chi connectivity index (χ0n) is 16.1. The Kier molecular flexibility index (Phi) is 5.99. The van der Waals surface area contributed by atoms with Crippen LogP contribution < -0.4 is 0 Å². The molecule has 0 bridgehead atoms. The molecule has 0 N–H and O–H groups in total. The molecule has 6 nitrogen and oxygen atoms in total. The number of benzene rings is 1. The summed E-state index contributed by atoms with van der Waals surface area (Å²) in [5.74, 6) is 0.881. The van der Waals surface area contributed by atoms with Gasteiger partial charge in [0.05, 0.1) is 12.1 Å². The Hall–Kier alpha value is -1.90. The van der Waals surface area contributed by atoms with Crippen molar-refractivity contribution in [3.05, 3.63) is 51.3 Å². The second kappa shape index (κ2) is 8.63. The summed E-state index contributed by atoms with van der Waals surface area (Å²) < 4.78 is 2.89. The van der Waals surface area contributed by atoms with E-state index in [1.165, 1.54) is 31.5 Å². The van der Waals surface area contributed by atoms with Gasteiger partial charge in [0.2, 0.25) is 4.96 Å². The maximum Gasteiger partial charge on any atom is 0.234 e. The van der Waals surface area contributed by atoms with Crippen LogP contribution in [0.4, 0.5) is 0 Å². The summed E-state index contributed by atoms with van der Waals surface area (Å²) in [5, 5.41) is 15.6. The van der Waals surface area contributed by atoms with Gasteiger partial charge in [-0.15, -0.1) is 10.2 Å². The first-order chi connectivity index (χ1) is 13.7. The highest BCUT2D eigenvalue weighted by Gasteiger charge is 2.17. The van der Waals surface area contributed by atoms with Gasteiger partial charge in [-0.3, -0.25) is 9.88 Å². The normalized spacial score (nSPS) is 14.5. The first-order valence-corrected chi connectivity index (χ1v) is 11.3. The minimum Gasteiger partial charge on any atom is -0.297 e. The van der Waals surface area contributed by atoms with Crippen molar-refractivity contribution in [1.82, 2.24) is 29.7 Å². The summed E-state index contributed by atoms with van der Waals surface area (Å²) in [5.41, 5.74) is 2.17. The third-order valence-electron chi connectivity index (χ3n) is 4.73. The highest BCUT2D eigenvalue weighted by atomic mass is 79.9. The predicted molar refractivity (Wildman–Crippen MR) is 117 cm³/mol. The van der Waals surface area contributed by atoms with E-state index in [2.05, 4.69) is 60.3 Å². The molecular formula is C20H23BrN6S. The van der Waals surface area contributed by atoms with Crippen LogP contribution in [0, 0.1) is 0 Å². The predicted octanol–water partition coefficient (Wildman–Crippen LogP) is 4.71. The highest BCUT2D eigenvalue weighted by Crippen LogP contribution is 2.22. The van der Waals surface area contributed by atoms with Crippen LogP contribution in [0.25, 0.3) is 15.9 Å². The molecule has 3 aromatic heterocycles. The van der Waals surface area contributed by atoms with Crippen LogP contribution in [-0.4, -0.2) is 42.8 Å². The van der Waals surface area contributed by atoms with Gasteiger partial charge >= 0.3 is 0 Å². The van der Waals surface area contributed by atoms with E-state index < -0.39 is 0 Å². The lowest BCUT2D eigenvalue weighted by Gasteiger charge is -2.10. The van der Waals surface area contributed by atoms with Gasteiger partial charge < -0.3 is 0 Å². The van der Waals surface area contributed by atoms with Crippen molar-refractivity contribution in [1.29, 1.82) is 0 Å². The Morgan fingerprint density at radius 1 is 1.11 bits per heavy atom. The van der Waals surface area contributed by atoms with Gasteiger partial charge in [0.25, 0.3) is 0 Å². The number of hydrogen-bond acceptors (Lipinski definition) is 6. The number of likely N-dealkylation sites (tertiary alicyclic amines) is 1. The topological polar surface area (TPSA) is 59.2 Å². The molecule has 8 heteroatoms. The van der Waals surface area contributed by atoms with E-state index in [1.807, 2.05) is 24.6 Å². The number of rotatable bonds is 4. The number of fused-ring (bicyclic) bond motifs is 2. The number of aromatic nitrogens is 5. The Bertz CT molecular complexity index is 1080. The fourth-order valence-corrected chi connectivity index (χ4v) is 4.69. The Balaban J connectivity index is 0.000000932. The molecule has 1 fully saturated rings. The van der Waals surface area contributed by atoms with Crippen LogP contribution in [0.15, 0.2) is 34.9 Å². The molecule has 0 saturated carbocycles. The fraction of sp³-hybridized carbons (Fsp3) is 0.400. The molecule has 0 unspecified atom stereocenters. The molecule has 1 aliphatic rings. The molecule has 0 atom stereocenters. The van der Waals surface area contributed by atoms with Crippen LogP contribution >= 0.6 is 27.3 Å². The molecule has 1 aliphatic heterocycles. The first kappa shape index (κ1) is 19.4. The smallest absolute Gasteiger partial charge is 0.234 e. The lowest BCUT2D eigenvalue weighted by molar-refractivity contribution is 0.329. The van der Waals surface area contributed by atoms with E-state index in [9.17, 15) is 0 Å². The third-order valence-corrected chi connectivity index (χ3v) is 6.05. The van der Waals surface area contributed by atoms with Gasteiger partial charge in [0.1, 0.15) is 5.01 Å². The Labute approximate surface area is 176 Å². The molecule has 0 spiro atoms. The number of hydrogen-bond donors (Lipinski definition) is 0. The average molecular weight is 459 g/mol. The van der Waals surface area contributed by atoms with E-state index in [1.54, 1.807) is 11.3 Å². The van der Waals surface area contributed by atoms with Gasteiger partial charge in [0.15, 0.2) is 5.82 Å². The van der Waals surface area contributed by atoms with Crippen molar-refractivity contribution in [3.63, 3.8) is 0 Å². The Morgan fingerprint density at radius 2 is 1.93 bits per heavy atom. The molecule has 146 valence electrons. The fourth-order valence-electron chi connectivity index (χ4n) is 3.45. The SMILES string of the molecule is Brc1cnc2ccc(Cc3nnc4sc(CN5CCCC5)nn34)cc2c1.CC. The lowest BCUT2D eigenvalue weighted by Crippen LogP contribution is -2.18. The van der Waals surface area contributed by atoms with Gasteiger partial charge in [-0.25, -0.2) is 0 Å². The van der Waals surface area contributed by atoms with Gasteiger partial charge in [0, 0.05) is 22.5 Å². The third kappa shape index (κ3) is 4.09. The van der Waals surface area contributed by atoms with E-state index in [4.69, 9.17) is 5.10 Å². The molecule has 28 heavy (non-hydrogen) atoms. The van der Waals surface area contributed by atoms with Crippen LogP contribution in [0.1, 0.15) is 43.1 Å². The standard InChI is InChI=1S/C18H17BrN6S.C2H6/c19-14-9-13-7-12(3-4-15(13)20-10-14)8-16-21-22-18-25(16)23-17(26-18)11-24-5-1-2-6-24;1-2/h3-4,7,9-10H,1-2,5-6,8,11H2;1-2H3. The average Bonchev–Trinajstić information content (AvgIpc) is 3.43. The van der Waals surface area contributed by atoms with E-state index in [0.717, 1.165) is 37.7 Å². The van der Waals surface area contributed by atoms with Crippen LogP contribution in [0.2, 0.25) is 0 Å². The van der Waals surface area contributed by atoms with Crippen LogP contribution in [-0.2, 0) is 13.0 Å². The molecule has 4 heterocycles. The summed E-state index contributed by atoms with van der Waals surface area (Å²) in [7, 11) is 0. The maximum atomic E-state index is 4.76. The molecule has 0 aliphatic carbocycles. The monoisotopic (exact) mass is 458 g/mol. The van der Waals surface area contributed by atoms with E-state index >= 15 is 0 Å². The van der Waals surface area contributed by atoms with Crippen molar-refractivity contribution in [2.24, 2.45) is 0 Å². The van der Waals surface area contributed by atoms with Crippen molar-refractivity contribution in [2.45, 2.75) is 39.7 Å². The second-order valence-corrected chi connectivity index (χ2v) is 8.60. The molecule has 1 aromatic carbocycles. The molecule has 1 saturated heterocycles. The van der Waals surface area contributed by atoms with Crippen LogP contribution in [0.3, 0.4) is 0 Å². The van der Waals surface area contributed by atoms with E-state index in [0.29, 0.717) is 6.42 Å². The maximum absolute atomic E-state index is 4.76. The summed E-state index contributed by atoms with van der Waals surface area (Å²) in [6.45, 7) is 7.27. The van der Waals surface area contributed by atoms with Gasteiger partial charge in [-0.2, -0.15) is 9.61 Å². The van der Waals surface area contributed by atoms with Crippen molar-refractivity contribution in [2.75, 3.05) is 13.1 Å². The van der Waals surface area contributed by atoms with Crippen LogP contribution in [0.5, 0.6) is 0 Å².